The highest BCUT2D eigenvalue weighted by atomic mass is 35.5. The molecular formula is C15H23Cl2NO. The first kappa shape index (κ1) is 16.6. The predicted octanol–water partition coefficient (Wildman–Crippen LogP) is 5.36. The largest absolute Gasteiger partial charge is 0.495 e. The molecule has 0 saturated heterocycles. The van der Waals surface area contributed by atoms with E-state index >= 15 is 0 Å². The molecule has 0 fully saturated rings. The van der Waals surface area contributed by atoms with Gasteiger partial charge in [0.2, 0.25) is 0 Å². The SMILES string of the molecule is CCCCCCCC(N)c1cc(Cl)c(OC)cc1Cl. The van der Waals surface area contributed by atoms with Crippen molar-refractivity contribution in [3.63, 3.8) is 0 Å². The maximum atomic E-state index is 6.22. The number of benzene rings is 1. The molecule has 0 radical (unpaired) electrons. The van der Waals surface area contributed by atoms with Gasteiger partial charge in [-0.15, -0.1) is 0 Å². The average Bonchev–Trinajstić information content (AvgIpc) is 2.40. The Kier molecular flexibility index (Phi) is 7.59. The molecule has 0 bridgehead atoms. The summed E-state index contributed by atoms with van der Waals surface area (Å²) in [4.78, 5) is 0. The van der Waals surface area contributed by atoms with E-state index in [1.807, 2.05) is 6.07 Å². The molecule has 0 spiro atoms. The van der Waals surface area contributed by atoms with Gasteiger partial charge < -0.3 is 10.5 Å². The number of methoxy groups -OCH3 is 1. The number of ether oxygens (including phenoxy) is 1. The summed E-state index contributed by atoms with van der Waals surface area (Å²) >= 11 is 12.3. The van der Waals surface area contributed by atoms with E-state index in [-0.39, 0.29) is 6.04 Å². The van der Waals surface area contributed by atoms with Crippen molar-refractivity contribution in [1.82, 2.24) is 0 Å². The van der Waals surface area contributed by atoms with Crippen LogP contribution in [-0.2, 0) is 0 Å². The van der Waals surface area contributed by atoms with Crippen LogP contribution in [-0.4, -0.2) is 7.11 Å². The van der Waals surface area contributed by atoms with Gasteiger partial charge in [-0.25, -0.2) is 0 Å². The Labute approximate surface area is 126 Å². The second kappa shape index (κ2) is 8.68. The van der Waals surface area contributed by atoms with Crippen LogP contribution in [0.5, 0.6) is 5.75 Å². The van der Waals surface area contributed by atoms with Crippen LogP contribution in [0.4, 0.5) is 0 Å². The van der Waals surface area contributed by atoms with E-state index in [2.05, 4.69) is 6.92 Å². The van der Waals surface area contributed by atoms with Gasteiger partial charge in [0.25, 0.3) is 0 Å². The quantitative estimate of drug-likeness (QED) is 0.656. The zero-order chi connectivity index (χ0) is 14.3. The summed E-state index contributed by atoms with van der Waals surface area (Å²) in [5.74, 6) is 0.588. The van der Waals surface area contributed by atoms with Crippen molar-refractivity contribution in [3.05, 3.63) is 27.7 Å². The van der Waals surface area contributed by atoms with Crippen molar-refractivity contribution in [3.8, 4) is 5.75 Å². The summed E-state index contributed by atoms with van der Waals surface area (Å²) in [7, 11) is 1.57. The normalized spacial score (nSPS) is 12.5. The van der Waals surface area contributed by atoms with Crippen LogP contribution in [0, 0.1) is 0 Å². The maximum absolute atomic E-state index is 6.22. The average molecular weight is 304 g/mol. The molecule has 0 aromatic heterocycles. The van der Waals surface area contributed by atoms with Crippen LogP contribution in [0.1, 0.15) is 57.1 Å². The van der Waals surface area contributed by atoms with Gasteiger partial charge in [-0.3, -0.25) is 0 Å². The summed E-state index contributed by atoms with van der Waals surface area (Å²) in [6, 6.07) is 3.49. The lowest BCUT2D eigenvalue weighted by atomic mass is 10.0. The van der Waals surface area contributed by atoms with Crippen molar-refractivity contribution in [1.29, 1.82) is 0 Å². The molecule has 0 amide bonds. The number of hydrogen-bond donors (Lipinski definition) is 1. The highest BCUT2D eigenvalue weighted by Gasteiger charge is 2.13. The van der Waals surface area contributed by atoms with Gasteiger partial charge in [0.15, 0.2) is 0 Å². The summed E-state index contributed by atoms with van der Waals surface area (Å²) in [5.41, 5.74) is 7.09. The zero-order valence-corrected chi connectivity index (χ0v) is 13.2. The number of hydrogen-bond acceptors (Lipinski definition) is 2. The van der Waals surface area contributed by atoms with E-state index < -0.39 is 0 Å². The van der Waals surface area contributed by atoms with Gasteiger partial charge in [0.1, 0.15) is 5.75 Å². The Morgan fingerprint density at radius 3 is 2.42 bits per heavy atom. The lowest BCUT2D eigenvalue weighted by Crippen LogP contribution is -2.11. The minimum absolute atomic E-state index is 0.0578. The van der Waals surface area contributed by atoms with Gasteiger partial charge in [-0.05, 0) is 18.1 Å². The van der Waals surface area contributed by atoms with Crippen molar-refractivity contribution < 1.29 is 4.74 Å². The van der Waals surface area contributed by atoms with Crippen LogP contribution >= 0.6 is 23.2 Å². The van der Waals surface area contributed by atoms with Crippen molar-refractivity contribution in [2.24, 2.45) is 5.73 Å². The molecule has 0 saturated carbocycles. The molecule has 1 atom stereocenters. The molecule has 2 N–H and O–H groups in total. The Morgan fingerprint density at radius 2 is 1.79 bits per heavy atom. The summed E-state index contributed by atoms with van der Waals surface area (Å²) in [5, 5.41) is 1.19. The maximum Gasteiger partial charge on any atom is 0.138 e. The molecule has 0 heterocycles. The number of halogens is 2. The molecule has 19 heavy (non-hydrogen) atoms. The highest BCUT2D eigenvalue weighted by molar-refractivity contribution is 6.34. The number of rotatable bonds is 8. The number of unbranched alkanes of at least 4 members (excludes halogenated alkanes) is 4. The van der Waals surface area contributed by atoms with Crippen LogP contribution in [0.2, 0.25) is 10.0 Å². The molecule has 0 aliphatic carbocycles. The molecule has 1 aromatic rings. The monoisotopic (exact) mass is 303 g/mol. The van der Waals surface area contributed by atoms with E-state index in [4.69, 9.17) is 33.7 Å². The second-order valence-electron chi connectivity index (χ2n) is 4.82. The smallest absolute Gasteiger partial charge is 0.138 e. The third-order valence-electron chi connectivity index (χ3n) is 3.29. The fourth-order valence-corrected chi connectivity index (χ4v) is 2.65. The van der Waals surface area contributed by atoms with E-state index in [0.717, 1.165) is 18.4 Å². The van der Waals surface area contributed by atoms with Crippen LogP contribution in [0.25, 0.3) is 0 Å². The molecule has 1 unspecified atom stereocenters. The summed E-state index contributed by atoms with van der Waals surface area (Å²) in [6.45, 7) is 2.21. The Bertz CT molecular complexity index is 396. The second-order valence-corrected chi connectivity index (χ2v) is 5.63. The van der Waals surface area contributed by atoms with Crippen LogP contribution < -0.4 is 10.5 Å². The van der Waals surface area contributed by atoms with Gasteiger partial charge in [0, 0.05) is 17.1 Å². The summed E-state index contributed by atoms with van der Waals surface area (Å²) in [6.07, 6.45) is 7.12. The lowest BCUT2D eigenvalue weighted by molar-refractivity contribution is 0.414. The minimum Gasteiger partial charge on any atom is -0.495 e. The molecular weight excluding hydrogens is 281 g/mol. The van der Waals surface area contributed by atoms with Gasteiger partial charge in [-0.2, -0.15) is 0 Å². The summed E-state index contributed by atoms with van der Waals surface area (Å²) < 4.78 is 5.13. The highest BCUT2D eigenvalue weighted by Crippen LogP contribution is 2.34. The topological polar surface area (TPSA) is 35.2 Å². The van der Waals surface area contributed by atoms with E-state index in [1.165, 1.54) is 25.7 Å². The van der Waals surface area contributed by atoms with Gasteiger partial charge in [0.05, 0.1) is 12.1 Å². The van der Waals surface area contributed by atoms with Gasteiger partial charge >= 0.3 is 0 Å². The molecule has 1 rings (SSSR count). The molecule has 0 aliphatic heterocycles. The lowest BCUT2D eigenvalue weighted by Gasteiger charge is -2.15. The first-order valence-corrected chi connectivity index (χ1v) is 7.64. The van der Waals surface area contributed by atoms with Crippen LogP contribution in [0.15, 0.2) is 12.1 Å². The molecule has 2 nitrogen and oxygen atoms in total. The number of nitrogens with two attached hydrogens (primary N) is 1. The van der Waals surface area contributed by atoms with Gasteiger partial charge in [-0.1, -0.05) is 62.2 Å². The Balaban J connectivity index is 2.56. The predicted molar refractivity (Wildman–Crippen MR) is 83.3 cm³/mol. The third-order valence-corrected chi connectivity index (χ3v) is 3.91. The molecule has 4 heteroatoms. The minimum atomic E-state index is -0.0578. The van der Waals surface area contributed by atoms with Crippen molar-refractivity contribution in [2.45, 2.75) is 51.5 Å². The van der Waals surface area contributed by atoms with Crippen LogP contribution in [0.3, 0.4) is 0 Å². The Hall–Kier alpha value is -0.440. The van der Waals surface area contributed by atoms with E-state index in [0.29, 0.717) is 15.8 Å². The first-order valence-electron chi connectivity index (χ1n) is 6.88. The Morgan fingerprint density at radius 1 is 1.11 bits per heavy atom. The fourth-order valence-electron chi connectivity index (χ4n) is 2.11. The first-order chi connectivity index (χ1) is 9.10. The molecule has 0 aliphatic rings. The van der Waals surface area contributed by atoms with Crippen molar-refractivity contribution in [2.75, 3.05) is 7.11 Å². The molecule has 1 aromatic carbocycles. The van der Waals surface area contributed by atoms with E-state index in [1.54, 1.807) is 13.2 Å². The third kappa shape index (κ3) is 5.21. The van der Waals surface area contributed by atoms with E-state index in [9.17, 15) is 0 Å². The zero-order valence-electron chi connectivity index (χ0n) is 11.7. The fraction of sp³-hybridized carbons (Fsp3) is 0.600. The molecule has 108 valence electrons. The standard InChI is InChI=1S/C15H23Cl2NO/c1-3-4-5-6-7-8-14(18)11-9-13(17)15(19-2)10-12(11)16/h9-10,14H,3-8,18H2,1-2H3. The van der Waals surface area contributed by atoms with Crippen molar-refractivity contribution >= 4 is 23.2 Å².